The van der Waals surface area contributed by atoms with Gasteiger partial charge in [0.05, 0.1) is 18.2 Å². The molecular formula is C14H22N4O. The molecule has 0 radical (unpaired) electrons. The number of nitrogens with one attached hydrogen (secondary N) is 2. The third kappa shape index (κ3) is 2.81. The lowest BCUT2D eigenvalue weighted by Crippen LogP contribution is -2.31. The maximum atomic E-state index is 5.86. The molecule has 2 bridgehead atoms. The summed E-state index contributed by atoms with van der Waals surface area (Å²) < 4.78 is 5.86. The van der Waals surface area contributed by atoms with E-state index in [1.807, 2.05) is 13.0 Å². The summed E-state index contributed by atoms with van der Waals surface area (Å²) in [5.74, 6) is 2.61. The number of hydrogen-bond donors (Lipinski definition) is 2. The van der Waals surface area contributed by atoms with Gasteiger partial charge in [-0.3, -0.25) is 0 Å². The molecule has 5 heteroatoms. The van der Waals surface area contributed by atoms with E-state index in [9.17, 15) is 0 Å². The number of rotatable bonds is 5. The molecule has 1 aromatic heterocycles. The first-order chi connectivity index (χ1) is 9.24. The molecular weight excluding hydrogens is 240 g/mol. The number of ether oxygens (including phenoxy) is 1. The van der Waals surface area contributed by atoms with Gasteiger partial charge in [0.25, 0.3) is 0 Å². The van der Waals surface area contributed by atoms with Crippen LogP contribution in [-0.4, -0.2) is 34.8 Å². The summed E-state index contributed by atoms with van der Waals surface area (Å²) in [5, 5.41) is 6.83. The smallest absolute Gasteiger partial charge is 0.132 e. The molecule has 1 aromatic rings. The van der Waals surface area contributed by atoms with Crippen molar-refractivity contribution in [2.24, 2.45) is 0 Å². The van der Waals surface area contributed by atoms with Crippen LogP contribution in [0, 0.1) is 6.92 Å². The zero-order valence-corrected chi connectivity index (χ0v) is 11.6. The van der Waals surface area contributed by atoms with Crippen molar-refractivity contribution in [2.45, 2.75) is 57.8 Å². The second-order valence-corrected chi connectivity index (χ2v) is 5.47. The predicted molar refractivity (Wildman–Crippen MR) is 75.5 cm³/mol. The van der Waals surface area contributed by atoms with Crippen LogP contribution in [0.1, 0.15) is 38.4 Å². The lowest BCUT2D eigenvalue weighted by molar-refractivity contribution is 0.102. The monoisotopic (exact) mass is 262 g/mol. The molecule has 2 N–H and O–H groups in total. The molecule has 5 nitrogen and oxygen atoms in total. The van der Waals surface area contributed by atoms with Crippen LogP contribution in [0.25, 0.3) is 0 Å². The maximum Gasteiger partial charge on any atom is 0.132 e. The molecule has 104 valence electrons. The van der Waals surface area contributed by atoms with Crippen LogP contribution in [0.3, 0.4) is 0 Å². The average molecular weight is 262 g/mol. The molecule has 3 unspecified atom stereocenters. The van der Waals surface area contributed by atoms with E-state index in [1.54, 1.807) is 0 Å². The Hall–Kier alpha value is -1.36. The molecule has 2 aliphatic rings. The second-order valence-electron chi connectivity index (χ2n) is 5.47. The minimum absolute atomic E-state index is 0.368. The van der Waals surface area contributed by atoms with Crippen LogP contribution < -0.4 is 10.6 Å². The summed E-state index contributed by atoms with van der Waals surface area (Å²) in [6.45, 7) is 5.01. The van der Waals surface area contributed by atoms with E-state index >= 15 is 0 Å². The van der Waals surface area contributed by atoms with Crippen molar-refractivity contribution in [1.82, 2.24) is 9.97 Å². The normalized spacial score (nSPS) is 28.6. The fourth-order valence-corrected chi connectivity index (χ4v) is 2.96. The Labute approximate surface area is 114 Å². The summed E-state index contributed by atoms with van der Waals surface area (Å²) in [5.41, 5.74) is 0. The van der Waals surface area contributed by atoms with Gasteiger partial charge < -0.3 is 15.4 Å². The first kappa shape index (κ1) is 12.7. The Morgan fingerprint density at radius 2 is 2.16 bits per heavy atom. The van der Waals surface area contributed by atoms with Crippen LogP contribution >= 0.6 is 0 Å². The van der Waals surface area contributed by atoms with E-state index in [-0.39, 0.29) is 0 Å². The number of nitrogens with zero attached hydrogens (tertiary/aromatic N) is 2. The highest BCUT2D eigenvalue weighted by Crippen LogP contribution is 2.35. The molecule has 3 rings (SSSR count). The molecule has 19 heavy (non-hydrogen) atoms. The van der Waals surface area contributed by atoms with Crippen molar-refractivity contribution in [3.05, 3.63) is 11.9 Å². The van der Waals surface area contributed by atoms with Crippen LogP contribution in [-0.2, 0) is 4.74 Å². The first-order valence-corrected chi connectivity index (χ1v) is 7.26. The molecule has 0 aliphatic carbocycles. The minimum atomic E-state index is 0.368. The molecule has 2 saturated heterocycles. The topological polar surface area (TPSA) is 59.1 Å². The Bertz CT molecular complexity index is 451. The molecule has 3 atom stereocenters. The fourth-order valence-electron chi connectivity index (χ4n) is 2.96. The molecule has 0 amide bonds. The second kappa shape index (κ2) is 5.33. The third-order valence-corrected chi connectivity index (χ3v) is 3.83. The molecule has 0 aromatic carbocycles. The summed E-state index contributed by atoms with van der Waals surface area (Å²) >= 11 is 0. The number of aryl methyl sites for hydroxylation is 1. The van der Waals surface area contributed by atoms with E-state index in [1.165, 1.54) is 12.8 Å². The minimum Gasteiger partial charge on any atom is -0.373 e. The summed E-state index contributed by atoms with van der Waals surface area (Å²) in [7, 11) is 0. The maximum absolute atomic E-state index is 5.86. The Morgan fingerprint density at radius 3 is 2.84 bits per heavy atom. The number of aromatic nitrogens is 2. The van der Waals surface area contributed by atoms with Gasteiger partial charge in [-0.1, -0.05) is 6.92 Å². The molecule has 0 saturated carbocycles. The highest BCUT2D eigenvalue weighted by Gasteiger charge is 2.40. The van der Waals surface area contributed by atoms with Crippen molar-refractivity contribution < 1.29 is 4.74 Å². The third-order valence-electron chi connectivity index (χ3n) is 3.83. The lowest BCUT2D eigenvalue weighted by Gasteiger charge is -2.21. The van der Waals surface area contributed by atoms with Gasteiger partial charge >= 0.3 is 0 Å². The van der Waals surface area contributed by atoms with Gasteiger partial charge in [-0.2, -0.15) is 0 Å². The van der Waals surface area contributed by atoms with Crippen molar-refractivity contribution >= 4 is 11.6 Å². The van der Waals surface area contributed by atoms with Gasteiger partial charge in [-0.05, 0) is 32.6 Å². The molecule has 2 aliphatic heterocycles. The Morgan fingerprint density at radius 1 is 1.32 bits per heavy atom. The zero-order valence-electron chi connectivity index (χ0n) is 11.6. The number of fused-ring (bicyclic) bond motifs is 2. The fraction of sp³-hybridized carbons (Fsp3) is 0.714. The van der Waals surface area contributed by atoms with Crippen molar-refractivity contribution in [3.8, 4) is 0 Å². The van der Waals surface area contributed by atoms with Gasteiger partial charge in [-0.15, -0.1) is 0 Å². The highest BCUT2D eigenvalue weighted by atomic mass is 16.5. The van der Waals surface area contributed by atoms with Gasteiger partial charge in [0.1, 0.15) is 17.5 Å². The van der Waals surface area contributed by atoms with Crippen LogP contribution in [0.15, 0.2) is 6.07 Å². The van der Waals surface area contributed by atoms with Crippen LogP contribution in [0.4, 0.5) is 11.6 Å². The Kier molecular flexibility index (Phi) is 3.55. The van der Waals surface area contributed by atoms with Gasteiger partial charge in [-0.25, -0.2) is 9.97 Å². The van der Waals surface area contributed by atoms with Gasteiger partial charge in [0, 0.05) is 12.6 Å². The van der Waals surface area contributed by atoms with Crippen LogP contribution in [0.2, 0.25) is 0 Å². The lowest BCUT2D eigenvalue weighted by atomic mass is 9.95. The van der Waals surface area contributed by atoms with Crippen LogP contribution in [0.5, 0.6) is 0 Å². The van der Waals surface area contributed by atoms with E-state index in [4.69, 9.17) is 4.74 Å². The number of hydrogen-bond acceptors (Lipinski definition) is 5. The van der Waals surface area contributed by atoms with Gasteiger partial charge in [0.2, 0.25) is 0 Å². The largest absolute Gasteiger partial charge is 0.373 e. The summed E-state index contributed by atoms with van der Waals surface area (Å²) in [4.78, 5) is 8.87. The van der Waals surface area contributed by atoms with Crippen molar-refractivity contribution in [3.63, 3.8) is 0 Å². The van der Waals surface area contributed by atoms with Crippen molar-refractivity contribution in [2.75, 3.05) is 17.2 Å². The van der Waals surface area contributed by atoms with Crippen molar-refractivity contribution in [1.29, 1.82) is 0 Å². The zero-order chi connectivity index (χ0) is 13.2. The van der Waals surface area contributed by atoms with E-state index in [2.05, 4.69) is 27.5 Å². The summed E-state index contributed by atoms with van der Waals surface area (Å²) in [6.07, 6.45) is 5.41. The SMILES string of the molecule is CCCNc1cc(NC2CC3CCC2O3)nc(C)n1. The summed E-state index contributed by atoms with van der Waals surface area (Å²) in [6, 6.07) is 2.40. The van der Waals surface area contributed by atoms with E-state index < -0.39 is 0 Å². The van der Waals surface area contributed by atoms with Gasteiger partial charge in [0.15, 0.2) is 0 Å². The first-order valence-electron chi connectivity index (χ1n) is 7.26. The molecule has 3 heterocycles. The molecule has 2 fully saturated rings. The van der Waals surface area contributed by atoms with E-state index in [0.717, 1.165) is 36.8 Å². The molecule has 0 spiro atoms. The quantitative estimate of drug-likeness (QED) is 0.853. The van der Waals surface area contributed by atoms with E-state index in [0.29, 0.717) is 18.2 Å². The number of anilines is 2. The average Bonchev–Trinajstić information content (AvgIpc) is 2.98. The predicted octanol–water partition coefficient (Wildman–Crippen LogP) is 2.34. The Balaban J connectivity index is 1.68. The highest BCUT2D eigenvalue weighted by molar-refractivity contribution is 5.48. The standard InChI is InChI=1S/C14H22N4O/c1-3-6-15-13-8-14(17-9(2)16-13)18-11-7-10-4-5-12(11)19-10/h8,10-12H,3-7H2,1-2H3,(H2,15,16,17,18).